The molecule has 2 aromatic rings. The number of aryl methyl sites for hydroxylation is 1. The normalized spacial score (nSPS) is 12.2. The van der Waals surface area contributed by atoms with Gasteiger partial charge in [0.15, 0.2) is 0 Å². The summed E-state index contributed by atoms with van der Waals surface area (Å²) in [6, 6.07) is 2.14. The number of hydrogen-bond donors (Lipinski definition) is 1. The first-order valence-corrected chi connectivity index (χ1v) is 6.16. The van der Waals surface area contributed by atoms with Crippen LogP contribution in [0.3, 0.4) is 0 Å². The van der Waals surface area contributed by atoms with Crippen molar-refractivity contribution in [3.05, 3.63) is 24.4 Å². The van der Waals surface area contributed by atoms with E-state index in [4.69, 9.17) is 0 Å². The van der Waals surface area contributed by atoms with Gasteiger partial charge in [0, 0.05) is 31.9 Å². The van der Waals surface area contributed by atoms with Gasteiger partial charge in [-0.1, -0.05) is 0 Å². The van der Waals surface area contributed by atoms with Crippen molar-refractivity contribution in [1.82, 2.24) is 24.7 Å². The van der Waals surface area contributed by atoms with Crippen LogP contribution in [0.1, 0.15) is 12.6 Å². The molecular weight excluding hydrogens is 242 g/mol. The molecule has 1 atom stereocenters. The topological polar surface area (TPSA) is 71.8 Å². The summed E-state index contributed by atoms with van der Waals surface area (Å²) < 4.78 is 1.79. The SMILES string of the molecule is Cc1cc(NC(C)Cn2cncn2)nc(N(C)C)n1. The van der Waals surface area contributed by atoms with Crippen LogP contribution >= 0.6 is 0 Å². The zero-order valence-electron chi connectivity index (χ0n) is 11.7. The van der Waals surface area contributed by atoms with E-state index in [2.05, 4.69) is 32.3 Å². The van der Waals surface area contributed by atoms with E-state index in [-0.39, 0.29) is 6.04 Å². The first-order valence-electron chi connectivity index (χ1n) is 6.16. The van der Waals surface area contributed by atoms with Crippen LogP contribution in [0, 0.1) is 6.92 Å². The Hall–Kier alpha value is -2.18. The summed E-state index contributed by atoms with van der Waals surface area (Å²) in [6.45, 7) is 4.77. The lowest BCUT2D eigenvalue weighted by Gasteiger charge is -2.17. The summed E-state index contributed by atoms with van der Waals surface area (Å²) in [5.41, 5.74) is 0.939. The van der Waals surface area contributed by atoms with Crippen LogP contribution in [0.25, 0.3) is 0 Å². The average molecular weight is 261 g/mol. The van der Waals surface area contributed by atoms with E-state index < -0.39 is 0 Å². The van der Waals surface area contributed by atoms with E-state index in [1.165, 1.54) is 6.33 Å². The Balaban J connectivity index is 2.05. The minimum Gasteiger partial charge on any atom is -0.366 e. The van der Waals surface area contributed by atoms with Crippen molar-refractivity contribution in [2.45, 2.75) is 26.4 Å². The first-order chi connectivity index (χ1) is 9.04. The largest absolute Gasteiger partial charge is 0.366 e. The Labute approximate surface area is 112 Å². The molecule has 1 N–H and O–H groups in total. The highest BCUT2D eigenvalue weighted by molar-refractivity contribution is 5.43. The van der Waals surface area contributed by atoms with Crippen molar-refractivity contribution >= 4 is 11.8 Å². The molecule has 2 rings (SSSR count). The second-order valence-electron chi connectivity index (χ2n) is 4.75. The Morgan fingerprint density at radius 2 is 2.16 bits per heavy atom. The van der Waals surface area contributed by atoms with Gasteiger partial charge in [-0.05, 0) is 13.8 Å². The molecule has 19 heavy (non-hydrogen) atoms. The molecule has 7 nitrogen and oxygen atoms in total. The van der Waals surface area contributed by atoms with Crippen LogP contribution in [-0.4, -0.2) is 44.9 Å². The predicted octanol–water partition coefficient (Wildman–Crippen LogP) is 0.943. The number of rotatable bonds is 5. The van der Waals surface area contributed by atoms with Gasteiger partial charge in [0.05, 0.1) is 6.54 Å². The number of hydrogen-bond acceptors (Lipinski definition) is 6. The van der Waals surface area contributed by atoms with Crippen molar-refractivity contribution in [1.29, 1.82) is 0 Å². The average Bonchev–Trinajstić information content (AvgIpc) is 2.80. The monoisotopic (exact) mass is 261 g/mol. The number of aromatic nitrogens is 5. The van der Waals surface area contributed by atoms with E-state index in [1.807, 2.05) is 32.0 Å². The fourth-order valence-electron chi connectivity index (χ4n) is 1.73. The molecule has 0 saturated carbocycles. The molecule has 0 aliphatic heterocycles. The molecule has 0 saturated heterocycles. The molecule has 0 aliphatic carbocycles. The Bertz CT molecular complexity index is 521. The lowest BCUT2D eigenvalue weighted by molar-refractivity contribution is 0.558. The zero-order chi connectivity index (χ0) is 13.8. The quantitative estimate of drug-likeness (QED) is 0.863. The van der Waals surface area contributed by atoms with Crippen LogP contribution in [0.4, 0.5) is 11.8 Å². The van der Waals surface area contributed by atoms with Gasteiger partial charge in [0.2, 0.25) is 5.95 Å². The predicted molar refractivity (Wildman–Crippen MR) is 74.2 cm³/mol. The van der Waals surface area contributed by atoms with Crippen molar-refractivity contribution in [3.63, 3.8) is 0 Å². The zero-order valence-corrected chi connectivity index (χ0v) is 11.7. The molecule has 1 unspecified atom stereocenters. The molecule has 0 spiro atoms. The summed E-state index contributed by atoms with van der Waals surface area (Å²) in [6.07, 6.45) is 3.24. The molecule has 2 aromatic heterocycles. The second-order valence-corrected chi connectivity index (χ2v) is 4.75. The molecule has 0 radical (unpaired) electrons. The van der Waals surface area contributed by atoms with E-state index >= 15 is 0 Å². The van der Waals surface area contributed by atoms with Crippen molar-refractivity contribution in [2.24, 2.45) is 0 Å². The highest BCUT2D eigenvalue weighted by atomic mass is 15.3. The van der Waals surface area contributed by atoms with E-state index in [9.17, 15) is 0 Å². The van der Waals surface area contributed by atoms with E-state index in [0.29, 0.717) is 5.95 Å². The Morgan fingerprint density at radius 1 is 1.37 bits per heavy atom. The summed E-state index contributed by atoms with van der Waals surface area (Å²) in [5.74, 6) is 1.53. The third-order valence-electron chi connectivity index (χ3n) is 2.56. The van der Waals surface area contributed by atoms with Gasteiger partial charge in [-0.25, -0.2) is 9.97 Å². The first kappa shape index (κ1) is 13.3. The third-order valence-corrected chi connectivity index (χ3v) is 2.56. The number of anilines is 2. The standard InChI is InChI=1S/C12H19N7/c1-9-5-11(17-12(16-9)18(3)4)15-10(2)6-19-8-13-7-14-19/h5,7-8,10H,6H2,1-4H3,(H,15,16,17). The maximum Gasteiger partial charge on any atom is 0.226 e. The molecule has 0 fully saturated rings. The molecule has 0 aromatic carbocycles. The Morgan fingerprint density at radius 3 is 2.79 bits per heavy atom. The maximum absolute atomic E-state index is 4.46. The second kappa shape index (κ2) is 5.64. The smallest absolute Gasteiger partial charge is 0.226 e. The van der Waals surface area contributed by atoms with E-state index in [1.54, 1.807) is 11.0 Å². The minimum absolute atomic E-state index is 0.200. The summed E-state index contributed by atoms with van der Waals surface area (Å²) >= 11 is 0. The number of nitrogens with zero attached hydrogens (tertiary/aromatic N) is 6. The fourth-order valence-corrected chi connectivity index (χ4v) is 1.73. The van der Waals surface area contributed by atoms with Gasteiger partial charge in [0.25, 0.3) is 0 Å². The highest BCUT2D eigenvalue weighted by Gasteiger charge is 2.08. The Kier molecular flexibility index (Phi) is 3.94. The van der Waals surface area contributed by atoms with Crippen molar-refractivity contribution in [3.8, 4) is 0 Å². The van der Waals surface area contributed by atoms with Gasteiger partial charge in [0.1, 0.15) is 18.5 Å². The van der Waals surface area contributed by atoms with E-state index in [0.717, 1.165) is 18.1 Å². The fraction of sp³-hybridized carbons (Fsp3) is 0.500. The van der Waals surface area contributed by atoms with Crippen LogP contribution in [-0.2, 0) is 6.54 Å². The summed E-state index contributed by atoms with van der Waals surface area (Å²) in [5, 5.41) is 7.44. The summed E-state index contributed by atoms with van der Waals surface area (Å²) in [4.78, 5) is 14.6. The molecule has 0 amide bonds. The third kappa shape index (κ3) is 3.64. The van der Waals surface area contributed by atoms with Crippen LogP contribution < -0.4 is 10.2 Å². The molecule has 0 aliphatic rings. The van der Waals surface area contributed by atoms with Crippen LogP contribution in [0.15, 0.2) is 18.7 Å². The van der Waals surface area contributed by atoms with Crippen molar-refractivity contribution in [2.75, 3.05) is 24.3 Å². The lowest BCUT2D eigenvalue weighted by Crippen LogP contribution is -2.23. The van der Waals surface area contributed by atoms with Gasteiger partial charge < -0.3 is 10.2 Å². The van der Waals surface area contributed by atoms with Crippen molar-refractivity contribution < 1.29 is 0 Å². The van der Waals surface area contributed by atoms with Gasteiger partial charge in [-0.3, -0.25) is 4.68 Å². The maximum atomic E-state index is 4.46. The number of nitrogens with one attached hydrogen (secondary N) is 1. The lowest BCUT2D eigenvalue weighted by atomic mass is 10.3. The minimum atomic E-state index is 0.200. The molecule has 0 bridgehead atoms. The van der Waals surface area contributed by atoms with Crippen LogP contribution in [0.5, 0.6) is 0 Å². The molecule has 7 heteroatoms. The van der Waals surface area contributed by atoms with Gasteiger partial charge >= 0.3 is 0 Å². The molecule has 2 heterocycles. The highest BCUT2D eigenvalue weighted by Crippen LogP contribution is 2.12. The molecule has 102 valence electrons. The molecular formula is C12H19N7. The summed E-state index contributed by atoms with van der Waals surface area (Å²) in [7, 11) is 3.86. The van der Waals surface area contributed by atoms with Gasteiger partial charge in [-0.15, -0.1) is 0 Å². The van der Waals surface area contributed by atoms with Gasteiger partial charge in [-0.2, -0.15) is 10.1 Å². The van der Waals surface area contributed by atoms with Crippen LogP contribution in [0.2, 0.25) is 0 Å².